The number of amides is 2. The van der Waals surface area contributed by atoms with Gasteiger partial charge in [0, 0.05) is 18.7 Å². The number of nitrogens with one attached hydrogen (secondary N) is 1. The summed E-state index contributed by atoms with van der Waals surface area (Å²) >= 11 is 0. The molecule has 1 saturated heterocycles. The number of carbonyl (C=O) groups excluding carboxylic acids is 2. The lowest BCUT2D eigenvalue weighted by molar-refractivity contribution is -0.144. The third kappa shape index (κ3) is 5.44. The minimum Gasteiger partial charge on any atom is -0.376 e. The van der Waals surface area contributed by atoms with E-state index < -0.39 is 11.6 Å². The SMILES string of the molecule is CCC(C)(C)NC(=O)[C@@H](c1ccccc1)N(C[C@H]1CCCO1)C(=O)Cn1nnc2ccccc21. The van der Waals surface area contributed by atoms with Crippen molar-refractivity contribution in [3.05, 3.63) is 60.2 Å². The van der Waals surface area contributed by atoms with Crippen molar-refractivity contribution in [2.75, 3.05) is 13.2 Å². The lowest BCUT2D eigenvalue weighted by atomic mass is 9.98. The third-order valence-electron chi connectivity index (χ3n) is 6.47. The van der Waals surface area contributed by atoms with Gasteiger partial charge in [-0.2, -0.15) is 0 Å². The molecular formula is C26H33N5O3. The second-order valence-electron chi connectivity index (χ2n) is 9.46. The average molecular weight is 464 g/mol. The molecule has 0 bridgehead atoms. The molecule has 2 aromatic carbocycles. The summed E-state index contributed by atoms with van der Waals surface area (Å²) in [6.45, 7) is 7.00. The summed E-state index contributed by atoms with van der Waals surface area (Å²) in [4.78, 5) is 29.1. The topological polar surface area (TPSA) is 89.4 Å². The Labute approximate surface area is 200 Å². The number of benzene rings is 2. The first-order chi connectivity index (χ1) is 16.4. The van der Waals surface area contributed by atoms with Crippen LogP contribution in [0.2, 0.25) is 0 Å². The Morgan fingerprint density at radius 2 is 1.91 bits per heavy atom. The molecule has 1 fully saturated rings. The lowest BCUT2D eigenvalue weighted by Gasteiger charge is -2.35. The Balaban J connectivity index is 1.69. The van der Waals surface area contributed by atoms with Gasteiger partial charge in [-0.15, -0.1) is 5.10 Å². The van der Waals surface area contributed by atoms with Crippen molar-refractivity contribution in [2.24, 2.45) is 0 Å². The van der Waals surface area contributed by atoms with Gasteiger partial charge in [0.15, 0.2) is 0 Å². The molecule has 1 aromatic heterocycles. The van der Waals surface area contributed by atoms with Gasteiger partial charge in [0.05, 0.1) is 11.6 Å². The molecule has 1 N–H and O–H groups in total. The molecule has 0 aliphatic carbocycles. The van der Waals surface area contributed by atoms with Crippen molar-refractivity contribution < 1.29 is 14.3 Å². The Hall–Kier alpha value is -3.26. The van der Waals surface area contributed by atoms with Crippen LogP contribution in [0.4, 0.5) is 0 Å². The number of para-hydroxylation sites is 1. The molecule has 2 atom stereocenters. The van der Waals surface area contributed by atoms with Gasteiger partial charge in [0.25, 0.3) is 0 Å². The summed E-state index contributed by atoms with van der Waals surface area (Å²) in [5.41, 5.74) is 1.87. The van der Waals surface area contributed by atoms with E-state index in [1.165, 1.54) is 0 Å². The van der Waals surface area contributed by atoms with E-state index in [-0.39, 0.29) is 24.5 Å². The highest BCUT2D eigenvalue weighted by Gasteiger charge is 2.36. The van der Waals surface area contributed by atoms with Crippen molar-refractivity contribution in [3.8, 4) is 0 Å². The Morgan fingerprint density at radius 3 is 2.62 bits per heavy atom. The van der Waals surface area contributed by atoms with Gasteiger partial charge in [-0.05, 0) is 50.8 Å². The van der Waals surface area contributed by atoms with E-state index in [0.717, 1.165) is 35.9 Å². The van der Waals surface area contributed by atoms with E-state index in [4.69, 9.17) is 4.74 Å². The summed E-state index contributed by atoms with van der Waals surface area (Å²) in [5, 5.41) is 11.5. The number of ether oxygens (including phenoxy) is 1. The Morgan fingerprint density at radius 1 is 1.18 bits per heavy atom. The molecule has 0 radical (unpaired) electrons. The molecule has 1 aliphatic rings. The van der Waals surface area contributed by atoms with Gasteiger partial charge in [-0.3, -0.25) is 9.59 Å². The molecule has 0 unspecified atom stereocenters. The molecule has 0 spiro atoms. The molecule has 2 heterocycles. The molecule has 8 heteroatoms. The van der Waals surface area contributed by atoms with Crippen molar-refractivity contribution in [1.29, 1.82) is 0 Å². The van der Waals surface area contributed by atoms with Gasteiger partial charge in [-0.1, -0.05) is 54.6 Å². The predicted molar refractivity (Wildman–Crippen MR) is 130 cm³/mol. The van der Waals surface area contributed by atoms with Crippen LogP contribution in [0.25, 0.3) is 11.0 Å². The van der Waals surface area contributed by atoms with Gasteiger partial charge >= 0.3 is 0 Å². The number of hydrogen-bond acceptors (Lipinski definition) is 5. The van der Waals surface area contributed by atoms with Crippen molar-refractivity contribution in [1.82, 2.24) is 25.2 Å². The minimum absolute atomic E-state index is 0.0129. The Bertz CT molecular complexity index is 1120. The lowest BCUT2D eigenvalue weighted by Crippen LogP contribution is -2.52. The highest BCUT2D eigenvalue weighted by Crippen LogP contribution is 2.26. The summed E-state index contributed by atoms with van der Waals surface area (Å²) < 4.78 is 7.46. The zero-order chi connectivity index (χ0) is 24.1. The average Bonchev–Trinajstić information content (AvgIpc) is 3.49. The van der Waals surface area contributed by atoms with E-state index in [9.17, 15) is 9.59 Å². The van der Waals surface area contributed by atoms with E-state index in [0.29, 0.717) is 13.2 Å². The molecule has 2 amide bonds. The van der Waals surface area contributed by atoms with Gasteiger partial charge in [-0.25, -0.2) is 4.68 Å². The highest BCUT2D eigenvalue weighted by molar-refractivity contribution is 5.89. The van der Waals surface area contributed by atoms with Crippen LogP contribution in [0.3, 0.4) is 0 Å². The van der Waals surface area contributed by atoms with E-state index in [1.807, 2.05) is 75.4 Å². The summed E-state index contributed by atoms with van der Waals surface area (Å²) in [5.74, 6) is -0.405. The predicted octanol–water partition coefficient (Wildman–Crippen LogP) is 3.49. The monoisotopic (exact) mass is 463 g/mol. The molecule has 34 heavy (non-hydrogen) atoms. The maximum atomic E-state index is 13.8. The number of nitrogens with zero attached hydrogens (tertiary/aromatic N) is 4. The number of carbonyl (C=O) groups is 2. The van der Waals surface area contributed by atoms with Crippen LogP contribution in [0, 0.1) is 0 Å². The first-order valence-corrected chi connectivity index (χ1v) is 11.9. The normalized spacial score (nSPS) is 17.0. The second kappa shape index (κ2) is 10.3. The summed E-state index contributed by atoms with van der Waals surface area (Å²) in [7, 11) is 0. The maximum absolute atomic E-state index is 13.8. The number of hydrogen-bond donors (Lipinski definition) is 1. The van der Waals surface area contributed by atoms with Crippen molar-refractivity contribution >= 4 is 22.8 Å². The zero-order valence-corrected chi connectivity index (χ0v) is 20.1. The van der Waals surface area contributed by atoms with E-state index >= 15 is 0 Å². The quantitative estimate of drug-likeness (QED) is 0.525. The van der Waals surface area contributed by atoms with E-state index in [1.54, 1.807) is 9.58 Å². The number of rotatable bonds is 9. The Kier molecular flexibility index (Phi) is 7.26. The molecular weight excluding hydrogens is 430 g/mol. The smallest absolute Gasteiger partial charge is 0.247 e. The van der Waals surface area contributed by atoms with Crippen LogP contribution in [-0.4, -0.2) is 56.5 Å². The summed E-state index contributed by atoms with van der Waals surface area (Å²) in [6, 6.07) is 16.2. The standard InChI is InChI=1S/C26H33N5O3/c1-4-26(2,3)27-25(33)24(19-11-6-5-7-12-19)30(17-20-13-10-16-34-20)23(32)18-31-22-15-9-8-14-21(22)28-29-31/h5-9,11-12,14-15,20,24H,4,10,13,16-18H2,1-3H3,(H,27,33)/t20-,24-/m1/s1. The fraction of sp³-hybridized carbons (Fsp3) is 0.462. The molecule has 1 aliphatic heterocycles. The minimum atomic E-state index is -0.779. The third-order valence-corrected chi connectivity index (χ3v) is 6.47. The number of fused-ring (bicyclic) bond motifs is 1. The summed E-state index contributed by atoms with van der Waals surface area (Å²) in [6.07, 6.45) is 2.48. The van der Waals surface area contributed by atoms with Crippen LogP contribution in [0.1, 0.15) is 51.6 Å². The second-order valence-corrected chi connectivity index (χ2v) is 9.46. The van der Waals surface area contributed by atoms with Crippen LogP contribution in [0.5, 0.6) is 0 Å². The fourth-order valence-electron chi connectivity index (χ4n) is 4.21. The first kappa shape index (κ1) is 23.9. The molecule has 8 nitrogen and oxygen atoms in total. The van der Waals surface area contributed by atoms with Gasteiger partial charge < -0.3 is 15.0 Å². The van der Waals surface area contributed by atoms with Gasteiger partial charge in [0.2, 0.25) is 11.8 Å². The van der Waals surface area contributed by atoms with Crippen LogP contribution in [0.15, 0.2) is 54.6 Å². The largest absolute Gasteiger partial charge is 0.376 e. The number of aromatic nitrogens is 3. The molecule has 4 rings (SSSR count). The van der Waals surface area contributed by atoms with E-state index in [2.05, 4.69) is 15.6 Å². The van der Waals surface area contributed by atoms with Crippen molar-refractivity contribution in [2.45, 2.75) is 64.3 Å². The highest BCUT2D eigenvalue weighted by atomic mass is 16.5. The van der Waals surface area contributed by atoms with Gasteiger partial charge in [0.1, 0.15) is 18.1 Å². The van der Waals surface area contributed by atoms with Crippen molar-refractivity contribution in [3.63, 3.8) is 0 Å². The maximum Gasteiger partial charge on any atom is 0.247 e. The fourth-order valence-corrected chi connectivity index (χ4v) is 4.21. The van der Waals surface area contributed by atoms with Crippen LogP contribution < -0.4 is 5.32 Å². The van der Waals surface area contributed by atoms with Crippen LogP contribution >= 0.6 is 0 Å². The molecule has 180 valence electrons. The zero-order valence-electron chi connectivity index (χ0n) is 20.1. The molecule has 0 saturated carbocycles. The van der Waals surface area contributed by atoms with Crippen LogP contribution in [-0.2, 0) is 20.9 Å². The molecule has 3 aromatic rings. The first-order valence-electron chi connectivity index (χ1n) is 11.9.